The molecule has 1 aromatic carbocycles. The third kappa shape index (κ3) is 2.06. The maximum atomic E-state index is 12.4. The summed E-state index contributed by atoms with van der Waals surface area (Å²) in [6.45, 7) is 0. The molecule has 5 heteroatoms. The Morgan fingerprint density at radius 3 is 2.17 bits per heavy atom. The van der Waals surface area contributed by atoms with Gasteiger partial charge in [0.1, 0.15) is 0 Å². The van der Waals surface area contributed by atoms with Gasteiger partial charge in [-0.3, -0.25) is 4.79 Å². The monoisotopic (exact) mass is 322 g/mol. The number of hydrogen-bond donors (Lipinski definition) is 0. The Kier molecular flexibility index (Phi) is 3.30. The zero-order valence-electron chi connectivity index (χ0n) is 9.35. The van der Waals surface area contributed by atoms with Gasteiger partial charge in [-0.15, -0.1) is 0 Å². The molecule has 0 saturated heterocycles. The van der Waals surface area contributed by atoms with Gasteiger partial charge in [0, 0.05) is 5.92 Å². The van der Waals surface area contributed by atoms with Crippen LogP contribution in [-0.2, 0) is 0 Å². The average Bonchev–Trinajstić information content (AvgIpc) is 2.93. The minimum Gasteiger partial charge on any atom is -0.294 e. The highest BCUT2D eigenvalue weighted by Gasteiger charge is 2.48. The highest BCUT2D eigenvalue weighted by Crippen LogP contribution is 2.55. The Bertz CT molecular complexity index is 530. The molecule has 2 saturated carbocycles. The molecule has 1 aromatic rings. The van der Waals surface area contributed by atoms with Crippen molar-refractivity contribution in [2.45, 2.75) is 19.3 Å². The summed E-state index contributed by atoms with van der Waals surface area (Å²) in [7, 11) is 0. The van der Waals surface area contributed by atoms with Gasteiger partial charge >= 0.3 is 0 Å². The molecule has 2 unspecified atom stereocenters. The van der Waals surface area contributed by atoms with E-state index in [9.17, 15) is 4.79 Å². The first-order valence-corrected chi connectivity index (χ1v) is 7.37. The molecule has 0 amide bonds. The summed E-state index contributed by atoms with van der Waals surface area (Å²) >= 11 is 24.0. The predicted molar refractivity (Wildman–Crippen MR) is 75.1 cm³/mol. The van der Waals surface area contributed by atoms with Crippen LogP contribution in [0.1, 0.15) is 29.6 Å². The van der Waals surface area contributed by atoms with Crippen molar-refractivity contribution in [3.63, 3.8) is 0 Å². The number of carbonyl (C=O) groups excluding carboxylic acids is 1. The predicted octanol–water partition coefficient (Wildman–Crippen LogP) is 5.53. The van der Waals surface area contributed by atoms with Gasteiger partial charge in [0.05, 0.1) is 25.7 Å². The highest BCUT2D eigenvalue weighted by molar-refractivity contribution is 6.51. The van der Waals surface area contributed by atoms with Crippen LogP contribution in [0.4, 0.5) is 0 Å². The third-order valence-corrected chi connectivity index (χ3v) is 5.54. The van der Waals surface area contributed by atoms with Crippen molar-refractivity contribution in [3.05, 3.63) is 31.7 Å². The number of hydrogen-bond acceptors (Lipinski definition) is 1. The Labute approximate surface area is 125 Å². The van der Waals surface area contributed by atoms with Gasteiger partial charge in [0.25, 0.3) is 0 Å². The number of carbonyl (C=O) groups is 1. The summed E-state index contributed by atoms with van der Waals surface area (Å²) in [4.78, 5) is 12.4. The largest absolute Gasteiger partial charge is 0.294 e. The van der Waals surface area contributed by atoms with Crippen LogP contribution in [0.3, 0.4) is 0 Å². The standard InChI is InChI=1S/C13H10Cl4O/c14-8-4-9(15)11(16)12(17)10(8)13(18)7-2-5-1-6(5)3-7/h4-7H,1-3H2. The molecule has 0 aliphatic heterocycles. The summed E-state index contributed by atoms with van der Waals surface area (Å²) in [5, 5.41) is 0.950. The Morgan fingerprint density at radius 1 is 0.944 bits per heavy atom. The fraction of sp³-hybridized carbons (Fsp3) is 0.462. The van der Waals surface area contributed by atoms with Crippen LogP contribution in [0.5, 0.6) is 0 Å². The summed E-state index contributed by atoms with van der Waals surface area (Å²) in [5.74, 6) is 1.52. The number of rotatable bonds is 2. The van der Waals surface area contributed by atoms with E-state index in [0.29, 0.717) is 10.6 Å². The molecule has 1 nitrogen and oxygen atoms in total. The van der Waals surface area contributed by atoms with E-state index in [1.807, 2.05) is 0 Å². The van der Waals surface area contributed by atoms with Crippen molar-refractivity contribution in [3.8, 4) is 0 Å². The van der Waals surface area contributed by atoms with Gasteiger partial charge in [-0.1, -0.05) is 46.4 Å². The number of Topliss-reactive ketones (excluding diaryl/α,β-unsaturated/α-hetero) is 1. The van der Waals surface area contributed by atoms with Gasteiger partial charge in [-0.25, -0.2) is 0 Å². The van der Waals surface area contributed by atoms with Crippen LogP contribution in [0.25, 0.3) is 0 Å². The topological polar surface area (TPSA) is 17.1 Å². The second-order valence-corrected chi connectivity index (χ2v) is 6.70. The van der Waals surface area contributed by atoms with Gasteiger partial charge in [0.15, 0.2) is 5.78 Å². The molecule has 0 N–H and O–H groups in total. The second-order valence-electron chi connectivity index (χ2n) is 5.13. The molecule has 18 heavy (non-hydrogen) atoms. The molecular weight excluding hydrogens is 314 g/mol. The second kappa shape index (κ2) is 4.56. The number of fused-ring (bicyclic) bond motifs is 1. The molecule has 2 fully saturated rings. The lowest BCUT2D eigenvalue weighted by atomic mass is 9.93. The van der Waals surface area contributed by atoms with E-state index in [1.165, 1.54) is 12.5 Å². The van der Waals surface area contributed by atoms with E-state index >= 15 is 0 Å². The van der Waals surface area contributed by atoms with Crippen molar-refractivity contribution < 1.29 is 4.79 Å². The molecule has 2 atom stereocenters. The average molecular weight is 324 g/mol. The van der Waals surface area contributed by atoms with Crippen LogP contribution in [-0.4, -0.2) is 5.78 Å². The van der Waals surface area contributed by atoms with E-state index < -0.39 is 0 Å². The smallest absolute Gasteiger partial charge is 0.169 e. The van der Waals surface area contributed by atoms with E-state index in [1.54, 1.807) is 0 Å². The molecule has 3 rings (SSSR count). The maximum absolute atomic E-state index is 12.4. The van der Waals surface area contributed by atoms with Gasteiger partial charge in [-0.2, -0.15) is 0 Å². The van der Waals surface area contributed by atoms with Gasteiger partial charge < -0.3 is 0 Å². The van der Waals surface area contributed by atoms with Crippen LogP contribution in [0, 0.1) is 17.8 Å². The van der Waals surface area contributed by atoms with Crippen LogP contribution in [0.15, 0.2) is 6.07 Å². The minimum absolute atomic E-state index is 0.00997. The van der Waals surface area contributed by atoms with Crippen molar-refractivity contribution in [2.75, 3.05) is 0 Å². The first-order chi connectivity index (χ1) is 8.49. The summed E-state index contributed by atoms with van der Waals surface area (Å²) < 4.78 is 0. The molecule has 0 bridgehead atoms. The molecule has 0 spiro atoms. The van der Waals surface area contributed by atoms with E-state index in [2.05, 4.69) is 0 Å². The van der Waals surface area contributed by atoms with Crippen molar-refractivity contribution in [2.24, 2.45) is 17.8 Å². The Morgan fingerprint density at radius 2 is 1.56 bits per heavy atom. The molecule has 2 aliphatic rings. The molecule has 0 aromatic heterocycles. The lowest BCUT2D eigenvalue weighted by Gasteiger charge is -2.14. The zero-order chi connectivity index (χ0) is 13.0. The minimum atomic E-state index is 0.00997. The quantitative estimate of drug-likeness (QED) is 0.397. The number of ketones is 1. The van der Waals surface area contributed by atoms with Crippen LogP contribution < -0.4 is 0 Å². The Hall–Kier alpha value is 0.0500. The normalized spacial score (nSPS) is 29.2. The van der Waals surface area contributed by atoms with E-state index in [-0.39, 0.29) is 26.8 Å². The lowest BCUT2D eigenvalue weighted by Crippen LogP contribution is -2.14. The van der Waals surface area contributed by atoms with Crippen LogP contribution >= 0.6 is 46.4 Å². The van der Waals surface area contributed by atoms with Gasteiger partial charge in [-0.05, 0) is 37.2 Å². The van der Waals surface area contributed by atoms with Crippen molar-refractivity contribution in [1.82, 2.24) is 0 Å². The summed E-state index contributed by atoms with van der Waals surface area (Å²) in [5.41, 5.74) is 0.332. The molecule has 96 valence electrons. The number of halogens is 4. The lowest BCUT2D eigenvalue weighted by molar-refractivity contribution is 0.0915. The first kappa shape index (κ1) is 13.1. The summed E-state index contributed by atoms with van der Waals surface area (Å²) in [6, 6.07) is 1.49. The molecule has 2 aliphatic carbocycles. The fourth-order valence-corrected chi connectivity index (χ4v) is 4.02. The van der Waals surface area contributed by atoms with E-state index in [0.717, 1.165) is 24.7 Å². The fourth-order valence-electron chi connectivity index (χ4n) is 2.93. The van der Waals surface area contributed by atoms with Crippen LogP contribution in [0.2, 0.25) is 20.1 Å². The van der Waals surface area contributed by atoms with Gasteiger partial charge in [0.2, 0.25) is 0 Å². The highest BCUT2D eigenvalue weighted by atomic mass is 35.5. The maximum Gasteiger partial charge on any atom is 0.169 e. The van der Waals surface area contributed by atoms with E-state index in [4.69, 9.17) is 46.4 Å². The summed E-state index contributed by atoms with van der Waals surface area (Å²) in [6.07, 6.45) is 3.18. The molecule has 0 radical (unpaired) electrons. The van der Waals surface area contributed by atoms with Crippen molar-refractivity contribution >= 4 is 52.2 Å². The first-order valence-electron chi connectivity index (χ1n) is 5.86. The van der Waals surface area contributed by atoms with Crippen molar-refractivity contribution in [1.29, 1.82) is 0 Å². The third-order valence-electron chi connectivity index (χ3n) is 3.97. The number of benzene rings is 1. The SMILES string of the molecule is O=C(c1c(Cl)cc(Cl)c(Cl)c1Cl)C1CC2CC2C1. The molecular formula is C13H10Cl4O. The Balaban J connectivity index is 1.96. The molecule has 0 heterocycles. The zero-order valence-corrected chi connectivity index (χ0v) is 12.4.